The molecule has 0 aliphatic carbocycles. The highest BCUT2D eigenvalue weighted by Gasteiger charge is 2.62. The Labute approximate surface area is 180 Å². The second kappa shape index (κ2) is 7.11. The molecule has 1 atom stereocenters. The molecule has 2 aromatic carbocycles. The molecule has 3 nitrogen and oxygen atoms in total. The lowest BCUT2D eigenvalue weighted by atomic mass is 9.86. The normalized spacial score (nSPS) is 19.3. The first kappa shape index (κ1) is 20.4. The van der Waals surface area contributed by atoms with Crippen LogP contribution in [0.2, 0.25) is 10.0 Å². The van der Waals surface area contributed by atoms with E-state index in [2.05, 4.69) is 26.1 Å². The van der Waals surface area contributed by atoms with Gasteiger partial charge in [0.2, 0.25) is 0 Å². The predicted molar refractivity (Wildman–Crippen MR) is 106 cm³/mol. The summed E-state index contributed by atoms with van der Waals surface area (Å²) in [4.78, 5) is 9.02. The van der Waals surface area contributed by atoms with Gasteiger partial charge in [0.1, 0.15) is 0 Å². The number of hydrogen-bond acceptors (Lipinski definition) is 3. The molecule has 0 saturated heterocycles. The van der Waals surface area contributed by atoms with E-state index in [-0.39, 0.29) is 5.71 Å². The number of benzene rings is 2. The Balaban J connectivity index is 1.84. The quantitative estimate of drug-likeness (QED) is 0.276. The fourth-order valence-corrected chi connectivity index (χ4v) is 4.18. The molecule has 1 aliphatic heterocycles. The van der Waals surface area contributed by atoms with Crippen LogP contribution in [0.25, 0.3) is 10.8 Å². The smallest absolute Gasteiger partial charge is 0.374 e. The Morgan fingerprint density at radius 2 is 1.76 bits per heavy atom. The molecule has 4 rings (SSSR count). The molecule has 0 saturated carbocycles. The summed E-state index contributed by atoms with van der Waals surface area (Å²) in [5.41, 5.74) is -2.71. The number of halogens is 7. The maximum atomic E-state index is 14.1. The molecule has 150 valence electrons. The number of alkyl halides is 3. The molecule has 0 fully saturated rings. The van der Waals surface area contributed by atoms with Gasteiger partial charge in [0, 0.05) is 39.8 Å². The first-order valence-electron chi connectivity index (χ1n) is 8.13. The highest BCUT2D eigenvalue weighted by Crippen LogP contribution is 2.50. The Bertz CT molecular complexity index is 1150. The van der Waals surface area contributed by atoms with Crippen LogP contribution < -0.4 is 0 Å². The molecule has 1 aromatic heterocycles. The summed E-state index contributed by atoms with van der Waals surface area (Å²) in [5, 5.41) is 4.05. The third-order valence-electron chi connectivity index (χ3n) is 4.71. The van der Waals surface area contributed by atoms with Gasteiger partial charge < -0.3 is 4.84 Å². The van der Waals surface area contributed by atoms with Crippen molar-refractivity contribution in [2.24, 2.45) is 5.16 Å². The Hall–Kier alpha value is -1.90. The van der Waals surface area contributed by atoms with Crippen LogP contribution in [0.1, 0.15) is 17.5 Å². The maximum Gasteiger partial charge on any atom is 0.435 e. The van der Waals surface area contributed by atoms with Gasteiger partial charge in [0.05, 0.1) is 15.8 Å². The van der Waals surface area contributed by atoms with E-state index in [1.807, 2.05) is 0 Å². The summed E-state index contributed by atoms with van der Waals surface area (Å²) in [6, 6.07) is 6.74. The average molecular weight is 508 g/mol. The predicted octanol–water partition coefficient (Wildman–Crippen LogP) is 7.03. The average Bonchev–Trinajstić information content (AvgIpc) is 3.13. The molecule has 0 bridgehead atoms. The molecular formula is C19H9BrCl2F4N2O. The van der Waals surface area contributed by atoms with E-state index in [0.29, 0.717) is 16.3 Å². The molecule has 1 aliphatic rings. The molecule has 3 aromatic rings. The fourth-order valence-electron chi connectivity index (χ4n) is 3.24. The highest BCUT2D eigenvalue weighted by molar-refractivity contribution is 9.10. The lowest BCUT2D eigenvalue weighted by Gasteiger charge is -2.29. The van der Waals surface area contributed by atoms with Crippen molar-refractivity contribution in [3.63, 3.8) is 0 Å². The third-order valence-corrected chi connectivity index (χ3v) is 5.95. The lowest BCUT2D eigenvalue weighted by Crippen LogP contribution is -2.42. The second-order valence-electron chi connectivity index (χ2n) is 6.40. The molecule has 1 unspecified atom stereocenters. The van der Waals surface area contributed by atoms with Gasteiger partial charge in [0.15, 0.2) is 5.82 Å². The molecule has 0 N–H and O–H groups in total. The van der Waals surface area contributed by atoms with E-state index in [9.17, 15) is 17.6 Å². The van der Waals surface area contributed by atoms with Gasteiger partial charge in [-0.15, -0.1) is 0 Å². The Kier molecular flexibility index (Phi) is 4.99. The van der Waals surface area contributed by atoms with Gasteiger partial charge in [0.25, 0.3) is 5.60 Å². The summed E-state index contributed by atoms with van der Waals surface area (Å²) in [6.45, 7) is 0. The summed E-state index contributed by atoms with van der Waals surface area (Å²) < 4.78 is 56.9. The van der Waals surface area contributed by atoms with Crippen LogP contribution in [0.4, 0.5) is 17.6 Å². The standard InChI is InChI=1S/C19H9BrCl2F4N2O/c20-13-2-1-11(10-3-4-27-8-12(10)13)16-7-18(29-28-16,19(24,25)26)9-5-14(21)17(23)15(22)6-9/h1-6,8H,7H2. The summed E-state index contributed by atoms with van der Waals surface area (Å²) in [7, 11) is 0. The van der Waals surface area contributed by atoms with Crippen molar-refractivity contribution < 1.29 is 22.4 Å². The number of nitrogens with zero attached hydrogens (tertiary/aromatic N) is 2. The molecule has 10 heteroatoms. The number of rotatable bonds is 2. The van der Waals surface area contributed by atoms with Gasteiger partial charge in [-0.1, -0.05) is 50.4 Å². The van der Waals surface area contributed by atoms with E-state index in [1.165, 1.54) is 6.20 Å². The summed E-state index contributed by atoms with van der Waals surface area (Å²) >= 11 is 14.9. The molecule has 0 radical (unpaired) electrons. The van der Waals surface area contributed by atoms with Crippen LogP contribution in [0.3, 0.4) is 0 Å². The molecule has 0 spiro atoms. The van der Waals surface area contributed by atoms with Crippen molar-refractivity contribution in [2.75, 3.05) is 0 Å². The Morgan fingerprint density at radius 3 is 2.41 bits per heavy atom. The van der Waals surface area contributed by atoms with Crippen LogP contribution in [0.5, 0.6) is 0 Å². The number of oxime groups is 1. The van der Waals surface area contributed by atoms with Gasteiger partial charge in [-0.05, 0) is 29.7 Å². The second-order valence-corrected chi connectivity index (χ2v) is 8.07. The molecule has 29 heavy (non-hydrogen) atoms. The molecule has 2 heterocycles. The van der Waals surface area contributed by atoms with Gasteiger partial charge in [-0.2, -0.15) is 13.2 Å². The minimum atomic E-state index is -4.87. The Morgan fingerprint density at radius 1 is 1.07 bits per heavy atom. The minimum Gasteiger partial charge on any atom is -0.374 e. The first-order valence-corrected chi connectivity index (χ1v) is 9.68. The van der Waals surface area contributed by atoms with E-state index in [1.54, 1.807) is 24.4 Å². The van der Waals surface area contributed by atoms with E-state index < -0.39 is 39.6 Å². The largest absolute Gasteiger partial charge is 0.435 e. The van der Waals surface area contributed by atoms with Crippen molar-refractivity contribution >= 4 is 55.6 Å². The zero-order valence-corrected chi connectivity index (χ0v) is 17.3. The number of fused-ring (bicyclic) bond motifs is 1. The van der Waals surface area contributed by atoms with E-state index >= 15 is 0 Å². The maximum absolute atomic E-state index is 14.1. The number of pyridine rings is 1. The van der Waals surface area contributed by atoms with Crippen molar-refractivity contribution in [2.45, 2.75) is 18.2 Å². The number of aromatic nitrogens is 1. The summed E-state index contributed by atoms with van der Waals surface area (Å²) in [5.74, 6) is -1.00. The van der Waals surface area contributed by atoms with Crippen LogP contribution >= 0.6 is 39.1 Å². The van der Waals surface area contributed by atoms with Crippen LogP contribution in [-0.4, -0.2) is 16.9 Å². The highest BCUT2D eigenvalue weighted by atomic mass is 79.9. The van der Waals surface area contributed by atoms with Gasteiger partial charge in [-0.25, -0.2) is 4.39 Å². The minimum absolute atomic E-state index is 0.0857. The first-order chi connectivity index (χ1) is 13.6. The van der Waals surface area contributed by atoms with Crippen molar-refractivity contribution in [3.8, 4) is 0 Å². The van der Waals surface area contributed by atoms with E-state index in [4.69, 9.17) is 28.0 Å². The van der Waals surface area contributed by atoms with Crippen LogP contribution in [0, 0.1) is 5.82 Å². The SMILES string of the molecule is Fc1c(Cl)cc(C2(C(F)(F)F)CC(c3ccc(Br)c4cnccc34)=NO2)cc1Cl. The van der Waals surface area contributed by atoms with Gasteiger partial charge in [-0.3, -0.25) is 4.98 Å². The van der Waals surface area contributed by atoms with Crippen molar-refractivity contribution in [1.29, 1.82) is 0 Å². The van der Waals surface area contributed by atoms with Crippen molar-refractivity contribution in [1.82, 2.24) is 4.98 Å². The lowest BCUT2D eigenvalue weighted by molar-refractivity contribution is -0.275. The van der Waals surface area contributed by atoms with Crippen LogP contribution in [-0.2, 0) is 10.4 Å². The van der Waals surface area contributed by atoms with Gasteiger partial charge >= 0.3 is 6.18 Å². The topological polar surface area (TPSA) is 34.5 Å². The van der Waals surface area contributed by atoms with Crippen LogP contribution in [0.15, 0.2) is 52.4 Å². The zero-order valence-electron chi connectivity index (χ0n) is 14.2. The van der Waals surface area contributed by atoms with Crippen molar-refractivity contribution in [3.05, 3.63) is 74.2 Å². The summed E-state index contributed by atoms with van der Waals surface area (Å²) in [6.07, 6.45) is -2.37. The fraction of sp³-hybridized carbons (Fsp3) is 0.158. The molecule has 0 amide bonds. The third kappa shape index (κ3) is 3.27. The van der Waals surface area contributed by atoms with E-state index in [0.717, 1.165) is 16.6 Å². The zero-order chi connectivity index (χ0) is 21.0. The molecular weight excluding hydrogens is 499 g/mol. The number of hydrogen-bond donors (Lipinski definition) is 0. The monoisotopic (exact) mass is 506 g/mol.